The summed E-state index contributed by atoms with van der Waals surface area (Å²) in [5.41, 5.74) is 6.17. The molecule has 0 aliphatic carbocycles. The SMILES string of the molecule is CN1C(=O)CO[C@@H]2CN(C(=O)c3coc(CN)n3)CC[C@]21c1ccccc1. The number of benzene rings is 1. The van der Waals surface area contributed by atoms with E-state index >= 15 is 0 Å². The number of carbonyl (C=O) groups excluding carboxylic acids is 2. The largest absolute Gasteiger partial charge is 0.447 e. The Morgan fingerprint density at radius 2 is 2.15 bits per heavy atom. The Kier molecular flexibility index (Phi) is 4.45. The first-order valence-electron chi connectivity index (χ1n) is 8.94. The summed E-state index contributed by atoms with van der Waals surface area (Å²) < 4.78 is 11.1. The molecule has 2 amide bonds. The summed E-state index contributed by atoms with van der Waals surface area (Å²) in [5.74, 6) is 0.0514. The molecule has 2 N–H and O–H groups in total. The van der Waals surface area contributed by atoms with Crippen molar-refractivity contribution in [2.45, 2.75) is 24.6 Å². The Morgan fingerprint density at radius 1 is 1.37 bits per heavy atom. The molecule has 1 aromatic carbocycles. The van der Waals surface area contributed by atoms with Crippen LogP contribution in [-0.2, 0) is 21.6 Å². The van der Waals surface area contributed by atoms with Gasteiger partial charge in [0.1, 0.15) is 19.0 Å². The Morgan fingerprint density at radius 3 is 2.85 bits per heavy atom. The molecule has 0 bridgehead atoms. The van der Waals surface area contributed by atoms with Gasteiger partial charge in [-0.05, 0) is 12.0 Å². The van der Waals surface area contributed by atoms with Crippen molar-refractivity contribution in [3.63, 3.8) is 0 Å². The van der Waals surface area contributed by atoms with Crippen molar-refractivity contribution < 1.29 is 18.7 Å². The number of morpholine rings is 1. The van der Waals surface area contributed by atoms with E-state index in [1.54, 1.807) is 9.80 Å². The van der Waals surface area contributed by atoms with Crippen LogP contribution in [0, 0.1) is 0 Å². The van der Waals surface area contributed by atoms with Crippen LogP contribution in [0.5, 0.6) is 0 Å². The third kappa shape index (κ3) is 2.81. The second-order valence-corrected chi connectivity index (χ2v) is 6.87. The fourth-order valence-corrected chi connectivity index (χ4v) is 4.07. The summed E-state index contributed by atoms with van der Waals surface area (Å²) in [6, 6.07) is 9.87. The summed E-state index contributed by atoms with van der Waals surface area (Å²) in [4.78, 5) is 32.8. The van der Waals surface area contributed by atoms with Crippen LogP contribution in [-0.4, -0.2) is 59.4 Å². The zero-order valence-corrected chi connectivity index (χ0v) is 15.1. The Balaban J connectivity index is 1.63. The van der Waals surface area contributed by atoms with Gasteiger partial charge in [0.2, 0.25) is 11.8 Å². The maximum atomic E-state index is 12.8. The quantitative estimate of drug-likeness (QED) is 0.855. The molecule has 3 heterocycles. The van der Waals surface area contributed by atoms with E-state index in [1.807, 2.05) is 37.4 Å². The summed E-state index contributed by atoms with van der Waals surface area (Å²) in [7, 11) is 1.81. The molecule has 0 spiro atoms. The number of rotatable bonds is 3. The second-order valence-electron chi connectivity index (χ2n) is 6.87. The topological polar surface area (TPSA) is 102 Å². The minimum atomic E-state index is -0.584. The maximum Gasteiger partial charge on any atom is 0.275 e. The molecule has 0 unspecified atom stereocenters. The average Bonchev–Trinajstić information content (AvgIpc) is 3.20. The minimum absolute atomic E-state index is 0.0130. The number of piperidine rings is 1. The van der Waals surface area contributed by atoms with Gasteiger partial charge in [-0.15, -0.1) is 0 Å². The number of likely N-dealkylation sites (tertiary alicyclic amines) is 1. The van der Waals surface area contributed by atoms with E-state index in [4.69, 9.17) is 14.9 Å². The Hall–Kier alpha value is -2.71. The van der Waals surface area contributed by atoms with E-state index in [1.165, 1.54) is 6.26 Å². The van der Waals surface area contributed by atoms with Crippen LogP contribution in [0.4, 0.5) is 0 Å². The normalized spacial score (nSPS) is 25.4. The highest BCUT2D eigenvalue weighted by molar-refractivity contribution is 5.92. The van der Waals surface area contributed by atoms with Crippen molar-refractivity contribution in [2.24, 2.45) is 5.73 Å². The zero-order chi connectivity index (χ0) is 19.0. The summed E-state index contributed by atoms with van der Waals surface area (Å²) >= 11 is 0. The van der Waals surface area contributed by atoms with Gasteiger partial charge in [0.15, 0.2) is 5.69 Å². The predicted octanol–water partition coefficient (Wildman–Crippen LogP) is 0.732. The van der Waals surface area contributed by atoms with Crippen LogP contribution in [0.2, 0.25) is 0 Å². The number of hydrogen-bond acceptors (Lipinski definition) is 6. The number of fused-ring (bicyclic) bond motifs is 1. The van der Waals surface area contributed by atoms with Gasteiger partial charge in [0, 0.05) is 20.1 Å². The number of carbonyl (C=O) groups is 2. The highest BCUT2D eigenvalue weighted by Gasteiger charge is 2.53. The van der Waals surface area contributed by atoms with Crippen molar-refractivity contribution in [2.75, 3.05) is 26.7 Å². The monoisotopic (exact) mass is 370 g/mol. The second kappa shape index (κ2) is 6.79. The molecule has 4 rings (SSSR count). The lowest BCUT2D eigenvalue weighted by atomic mass is 9.76. The third-order valence-corrected chi connectivity index (χ3v) is 5.57. The fourth-order valence-electron chi connectivity index (χ4n) is 4.07. The zero-order valence-electron chi connectivity index (χ0n) is 15.1. The molecule has 142 valence electrons. The molecular formula is C19H22N4O4. The van der Waals surface area contributed by atoms with Gasteiger partial charge in [-0.3, -0.25) is 9.59 Å². The van der Waals surface area contributed by atoms with E-state index in [0.29, 0.717) is 25.4 Å². The molecule has 2 aliphatic heterocycles. The Labute approximate surface area is 156 Å². The number of nitrogens with zero attached hydrogens (tertiary/aromatic N) is 3. The van der Waals surface area contributed by atoms with E-state index in [2.05, 4.69) is 4.98 Å². The minimum Gasteiger partial charge on any atom is -0.447 e. The number of oxazole rings is 1. The van der Waals surface area contributed by atoms with E-state index in [-0.39, 0.29) is 36.8 Å². The number of hydrogen-bond donors (Lipinski definition) is 1. The summed E-state index contributed by atoms with van der Waals surface area (Å²) in [6.07, 6.45) is 1.60. The lowest BCUT2D eigenvalue weighted by Crippen LogP contribution is -2.67. The van der Waals surface area contributed by atoms with Gasteiger partial charge in [0.05, 0.1) is 12.1 Å². The number of amides is 2. The van der Waals surface area contributed by atoms with Gasteiger partial charge in [0.25, 0.3) is 5.91 Å². The molecule has 2 atom stereocenters. The lowest BCUT2D eigenvalue weighted by Gasteiger charge is -2.54. The first-order chi connectivity index (χ1) is 13.1. The van der Waals surface area contributed by atoms with Crippen molar-refractivity contribution >= 4 is 11.8 Å². The van der Waals surface area contributed by atoms with Crippen LogP contribution in [0.25, 0.3) is 0 Å². The lowest BCUT2D eigenvalue weighted by molar-refractivity contribution is -0.180. The highest BCUT2D eigenvalue weighted by Crippen LogP contribution is 2.42. The van der Waals surface area contributed by atoms with E-state index in [0.717, 1.165) is 5.56 Å². The van der Waals surface area contributed by atoms with Gasteiger partial charge in [-0.2, -0.15) is 0 Å². The molecule has 27 heavy (non-hydrogen) atoms. The van der Waals surface area contributed by atoms with Crippen molar-refractivity contribution in [1.29, 1.82) is 0 Å². The molecule has 2 aliphatic rings. The average molecular weight is 370 g/mol. The molecule has 0 radical (unpaired) electrons. The van der Waals surface area contributed by atoms with E-state index in [9.17, 15) is 9.59 Å². The predicted molar refractivity (Wildman–Crippen MR) is 95.5 cm³/mol. The fraction of sp³-hybridized carbons (Fsp3) is 0.421. The standard InChI is InChI=1S/C19H22N4O4/c1-22-17(24)12-26-15-10-23(18(25)14-11-27-16(9-20)21-14)8-7-19(15,22)13-5-3-2-4-6-13/h2-6,11,15H,7-10,12,20H2,1H3/t15-,19+/m1/s1. The number of aromatic nitrogens is 1. The van der Waals surface area contributed by atoms with Crippen molar-refractivity contribution in [3.05, 3.63) is 53.7 Å². The van der Waals surface area contributed by atoms with Crippen LogP contribution < -0.4 is 5.73 Å². The molecule has 8 heteroatoms. The van der Waals surface area contributed by atoms with Crippen molar-refractivity contribution in [1.82, 2.24) is 14.8 Å². The van der Waals surface area contributed by atoms with Crippen LogP contribution in [0.15, 0.2) is 41.0 Å². The molecule has 1 aromatic heterocycles. The molecule has 2 saturated heterocycles. The molecule has 8 nitrogen and oxygen atoms in total. The van der Waals surface area contributed by atoms with E-state index < -0.39 is 5.54 Å². The maximum absolute atomic E-state index is 12.8. The number of ether oxygens (including phenoxy) is 1. The van der Waals surface area contributed by atoms with Crippen LogP contribution >= 0.6 is 0 Å². The molecule has 2 fully saturated rings. The first kappa shape index (κ1) is 17.7. The highest BCUT2D eigenvalue weighted by atomic mass is 16.5. The summed E-state index contributed by atoms with van der Waals surface area (Å²) in [5, 5.41) is 0. The van der Waals surface area contributed by atoms with Crippen LogP contribution in [0.1, 0.15) is 28.4 Å². The number of nitrogens with two attached hydrogens (primary N) is 1. The van der Waals surface area contributed by atoms with Gasteiger partial charge in [-0.1, -0.05) is 30.3 Å². The number of likely N-dealkylation sites (N-methyl/N-ethyl adjacent to an activating group) is 1. The van der Waals surface area contributed by atoms with Gasteiger partial charge < -0.3 is 24.7 Å². The first-order valence-corrected chi connectivity index (χ1v) is 8.94. The molecule has 0 saturated carbocycles. The van der Waals surface area contributed by atoms with Gasteiger partial charge >= 0.3 is 0 Å². The third-order valence-electron chi connectivity index (χ3n) is 5.57. The Bertz CT molecular complexity index is 852. The van der Waals surface area contributed by atoms with Crippen LogP contribution in [0.3, 0.4) is 0 Å². The molecule has 2 aromatic rings. The van der Waals surface area contributed by atoms with Gasteiger partial charge in [-0.25, -0.2) is 4.98 Å². The van der Waals surface area contributed by atoms with Crippen molar-refractivity contribution in [3.8, 4) is 0 Å². The summed E-state index contributed by atoms with van der Waals surface area (Å²) in [6.45, 7) is 1.01. The molecular weight excluding hydrogens is 348 g/mol. The smallest absolute Gasteiger partial charge is 0.275 e.